The summed E-state index contributed by atoms with van der Waals surface area (Å²) >= 11 is 5.87. The highest BCUT2D eigenvalue weighted by Gasteiger charge is 2.21. The number of rotatable bonds is 8. The molecule has 2 N–H and O–H groups in total. The maximum absolute atomic E-state index is 12.6. The second-order valence-corrected chi connectivity index (χ2v) is 9.03. The average molecular weight is 474 g/mol. The van der Waals surface area contributed by atoms with Gasteiger partial charge in [0.05, 0.1) is 21.7 Å². The summed E-state index contributed by atoms with van der Waals surface area (Å²) in [6.45, 7) is 0. The van der Waals surface area contributed by atoms with Crippen molar-refractivity contribution in [1.29, 1.82) is 0 Å². The van der Waals surface area contributed by atoms with Crippen LogP contribution < -0.4 is 15.0 Å². The summed E-state index contributed by atoms with van der Waals surface area (Å²) in [6, 6.07) is 17.2. The molecular formula is C21H20ClN5O4S. The molecule has 0 heterocycles. The van der Waals surface area contributed by atoms with Gasteiger partial charge in [0.15, 0.2) is 0 Å². The van der Waals surface area contributed by atoms with Crippen LogP contribution in [0.25, 0.3) is 0 Å². The average Bonchev–Trinajstić information content (AvgIpc) is 2.73. The molecule has 0 saturated carbocycles. The Balaban J connectivity index is 1.80. The summed E-state index contributed by atoms with van der Waals surface area (Å²) in [4.78, 5) is 12.5. The molecule has 11 heteroatoms. The predicted octanol–water partition coefficient (Wildman–Crippen LogP) is 4.56. The number of hydrogen-bond donors (Lipinski definition) is 2. The molecule has 0 aliphatic heterocycles. The molecule has 0 atom stereocenters. The summed E-state index contributed by atoms with van der Waals surface area (Å²) in [6.07, 6.45) is 1.51. The first-order valence-electron chi connectivity index (χ1n) is 9.29. The van der Waals surface area contributed by atoms with Gasteiger partial charge >= 0.3 is 0 Å². The van der Waals surface area contributed by atoms with Crippen LogP contribution in [0.5, 0.6) is 0 Å². The molecular weight excluding hydrogens is 454 g/mol. The Bertz CT molecular complexity index is 1260. The van der Waals surface area contributed by atoms with Crippen LogP contribution in [-0.4, -0.2) is 33.7 Å². The molecule has 3 rings (SSSR count). The van der Waals surface area contributed by atoms with E-state index in [9.17, 15) is 18.5 Å². The Labute approximate surface area is 190 Å². The Kier molecular flexibility index (Phi) is 6.96. The van der Waals surface area contributed by atoms with E-state index >= 15 is 0 Å². The highest BCUT2D eigenvalue weighted by atomic mass is 35.5. The van der Waals surface area contributed by atoms with Gasteiger partial charge in [0.1, 0.15) is 5.69 Å². The molecule has 9 nitrogen and oxygen atoms in total. The number of hydrogen-bond acceptors (Lipinski definition) is 7. The third kappa shape index (κ3) is 5.74. The molecule has 0 spiro atoms. The van der Waals surface area contributed by atoms with E-state index in [0.717, 1.165) is 17.3 Å². The summed E-state index contributed by atoms with van der Waals surface area (Å²) in [5, 5.41) is 15.9. The van der Waals surface area contributed by atoms with Crippen molar-refractivity contribution in [3.8, 4) is 0 Å². The van der Waals surface area contributed by atoms with Crippen molar-refractivity contribution < 1.29 is 13.3 Å². The quantitative estimate of drug-likeness (QED) is 0.281. The minimum absolute atomic E-state index is 0.0536. The SMILES string of the molecule is CN(C)c1ccc(C=NNc2ccc(S(=O)(=O)Nc3cccc(Cl)c3)cc2[N+](=O)[O-])cc1. The van der Waals surface area contributed by atoms with Gasteiger partial charge in [-0.1, -0.05) is 29.8 Å². The van der Waals surface area contributed by atoms with Gasteiger partial charge in [-0.25, -0.2) is 8.42 Å². The van der Waals surface area contributed by atoms with Crippen molar-refractivity contribution in [3.05, 3.63) is 87.4 Å². The second kappa shape index (κ2) is 9.67. The topological polar surface area (TPSA) is 117 Å². The molecule has 0 aliphatic rings. The maximum Gasteiger partial charge on any atom is 0.295 e. The number of halogens is 1. The van der Waals surface area contributed by atoms with Crippen molar-refractivity contribution in [2.75, 3.05) is 29.1 Å². The summed E-state index contributed by atoms with van der Waals surface area (Å²) in [5.41, 5.74) is 4.28. The lowest BCUT2D eigenvalue weighted by Crippen LogP contribution is -2.13. The molecule has 0 amide bonds. The minimum atomic E-state index is -4.06. The number of sulfonamides is 1. The first-order valence-corrected chi connectivity index (χ1v) is 11.1. The predicted molar refractivity (Wildman–Crippen MR) is 127 cm³/mol. The Morgan fingerprint density at radius 3 is 2.41 bits per heavy atom. The number of nitrogens with zero attached hydrogens (tertiary/aromatic N) is 3. The van der Waals surface area contributed by atoms with Crippen LogP contribution in [0.4, 0.5) is 22.7 Å². The molecule has 0 unspecified atom stereocenters. The molecule has 3 aromatic carbocycles. The highest BCUT2D eigenvalue weighted by Crippen LogP contribution is 2.29. The maximum atomic E-state index is 12.6. The Morgan fingerprint density at radius 1 is 1.06 bits per heavy atom. The molecule has 0 aromatic heterocycles. The van der Waals surface area contributed by atoms with Gasteiger partial charge in [-0.15, -0.1) is 0 Å². The van der Waals surface area contributed by atoms with Crippen molar-refractivity contribution in [1.82, 2.24) is 0 Å². The van der Waals surface area contributed by atoms with E-state index in [4.69, 9.17) is 11.6 Å². The second-order valence-electron chi connectivity index (χ2n) is 6.91. The molecule has 166 valence electrons. The fourth-order valence-corrected chi connectivity index (χ4v) is 3.98. The van der Waals surface area contributed by atoms with Gasteiger partial charge in [0, 0.05) is 30.9 Å². The number of hydrazone groups is 1. The lowest BCUT2D eigenvalue weighted by Gasteiger charge is -2.11. The van der Waals surface area contributed by atoms with E-state index in [1.54, 1.807) is 12.1 Å². The van der Waals surface area contributed by atoms with Gasteiger partial charge < -0.3 is 4.90 Å². The molecule has 0 aliphatic carbocycles. The van der Waals surface area contributed by atoms with E-state index < -0.39 is 20.6 Å². The van der Waals surface area contributed by atoms with Crippen LogP contribution >= 0.6 is 11.6 Å². The van der Waals surface area contributed by atoms with Crippen LogP contribution in [0.3, 0.4) is 0 Å². The van der Waals surface area contributed by atoms with Gasteiger partial charge in [0.2, 0.25) is 0 Å². The largest absolute Gasteiger partial charge is 0.378 e. The number of nitrogens with one attached hydrogen (secondary N) is 2. The summed E-state index contributed by atoms with van der Waals surface area (Å²) in [5.74, 6) is 0. The number of anilines is 3. The third-order valence-corrected chi connectivity index (χ3v) is 5.98. The lowest BCUT2D eigenvalue weighted by molar-refractivity contribution is -0.384. The molecule has 3 aromatic rings. The number of nitro groups is 1. The van der Waals surface area contributed by atoms with Crippen LogP contribution in [0.1, 0.15) is 5.56 Å². The van der Waals surface area contributed by atoms with Crippen LogP contribution in [0.2, 0.25) is 5.02 Å². The summed E-state index contributed by atoms with van der Waals surface area (Å²) in [7, 11) is -0.203. The fourth-order valence-electron chi connectivity index (χ4n) is 2.73. The summed E-state index contributed by atoms with van der Waals surface area (Å²) < 4.78 is 27.6. The molecule has 32 heavy (non-hydrogen) atoms. The first kappa shape index (κ1) is 23.0. The van der Waals surface area contributed by atoms with E-state index in [2.05, 4.69) is 15.2 Å². The lowest BCUT2D eigenvalue weighted by atomic mass is 10.2. The first-order chi connectivity index (χ1) is 15.2. The van der Waals surface area contributed by atoms with Crippen LogP contribution in [0.15, 0.2) is 76.7 Å². The zero-order chi connectivity index (χ0) is 23.3. The normalized spacial score (nSPS) is 11.3. The van der Waals surface area contributed by atoms with Gasteiger partial charge in [-0.05, 0) is 48.0 Å². The number of benzene rings is 3. The van der Waals surface area contributed by atoms with Crippen molar-refractivity contribution >= 4 is 50.6 Å². The molecule has 0 radical (unpaired) electrons. The van der Waals surface area contributed by atoms with Crippen LogP contribution in [0, 0.1) is 10.1 Å². The zero-order valence-electron chi connectivity index (χ0n) is 17.2. The van der Waals surface area contributed by atoms with E-state index in [1.807, 2.05) is 43.3 Å². The van der Waals surface area contributed by atoms with Crippen molar-refractivity contribution in [2.24, 2.45) is 5.10 Å². The van der Waals surface area contributed by atoms with E-state index in [1.165, 1.54) is 30.5 Å². The molecule has 0 saturated heterocycles. The van der Waals surface area contributed by atoms with E-state index in [-0.39, 0.29) is 16.3 Å². The third-order valence-electron chi connectivity index (χ3n) is 4.36. The minimum Gasteiger partial charge on any atom is -0.378 e. The van der Waals surface area contributed by atoms with Crippen molar-refractivity contribution in [2.45, 2.75) is 4.90 Å². The Hall–Kier alpha value is -3.63. The standard InChI is InChI=1S/C21H20ClN5O4S/c1-26(2)18-8-6-15(7-9-18)14-23-24-20-11-10-19(13-21(20)27(28)29)32(30,31)25-17-5-3-4-16(22)12-17/h3-14,24-25H,1-2H3. The van der Waals surface area contributed by atoms with Gasteiger partial charge in [-0.3, -0.25) is 20.3 Å². The van der Waals surface area contributed by atoms with Crippen molar-refractivity contribution in [3.63, 3.8) is 0 Å². The smallest absolute Gasteiger partial charge is 0.295 e. The molecule has 0 fully saturated rings. The highest BCUT2D eigenvalue weighted by molar-refractivity contribution is 7.92. The number of nitro benzene ring substituents is 1. The zero-order valence-corrected chi connectivity index (χ0v) is 18.8. The fraction of sp³-hybridized carbons (Fsp3) is 0.0952. The molecule has 0 bridgehead atoms. The van der Waals surface area contributed by atoms with Crippen LogP contribution in [-0.2, 0) is 10.0 Å². The van der Waals surface area contributed by atoms with Gasteiger partial charge in [-0.2, -0.15) is 5.10 Å². The van der Waals surface area contributed by atoms with Gasteiger partial charge in [0.25, 0.3) is 15.7 Å². The Morgan fingerprint density at radius 2 is 1.78 bits per heavy atom. The van der Waals surface area contributed by atoms with E-state index in [0.29, 0.717) is 5.02 Å². The monoisotopic (exact) mass is 473 g/mol.